The Morgan fingerprint density at radius 3 is 2.61 bits per heavy atom. The Balaban J connectivity index is 2.13. The van der Waals surface area contributed by atoms with Crippen LogP contribution in [0, 0.1) is 12.8 Å². The summed E-state index contributed by atoms with van der Waals surface area (Å²) in [6.45, 7) is 6.56. The van der Waals surface area contributed by atoms with Crippen LogP contribution in [0.4, 0.5) is 0 Å². The van der Waals surface area contributed by atoms with E-state index in [1.54, 1.807) is 23.1 Å². The number of halogens is 1. The Labute approximate surface area is 112 Å². The highest BCUT2D eigenvalue weighted by Crippen LogP contribution is 2.31. The lowest BCUT2D eigenvalue weighted by molar-refractivity contribution is -0.110. The standard InChI is InChI=1S/C14H18ClNO2/c1-9(2)14(18)7-16(8-14)13(17)11-5-4-6-12(15)10(11)3/h4-6,9,18H,7-8H2,1-3H3. The second-order valence-corrected chi connectivity index (χ2v) is 5.74. The van der Waals surface area contributed by atoms with Gasteiger partial charge in [0.1, 0.15) is 5.60 Å². The van der Waals surface area contributed by atoms with Gasteiger partial charge in [0, 0.05) is 10.6 Å². The molecule has 18 heavy (non-hydrogen) atoms. The molecule has 0 spiro atoms. The van der Waals surface area contributed by atoms with Gasteiger partial charge < -0.3 is 10.0 Å². The lowest BCUT2D eigenvalue weighted by Gasteiger charge is -2.49. The molecule has 2 rings (SSSR count). The number of nitrogens with zero attached hydrogens (tertiary/aromatic N) is 1. The monoisotopic (exact) mass is 267 g/mol. The number of amides is 1. The van der Waals surface area contributed by atoms with E-state index in [2.05, 4.69) is 0 Å². The van der Waals surface area contributed by atoms with Crippen LogP contribution in [0.15, 0.2) is 18.2 Å². The third-order valence-corrected chi connectivity index (χ3v) is 4.20. The molecule has 1 fully saturated rings. The first-order valence-corrected chi connectivity index (χ1v) is 6.50. The number of β-amino-alcohol motifs (C(OH)–C–C–N with tert-alkyl or cyclic N) is 1. The molecule has 0 unspecified atom stereocenters. The van der Waals surface area contributed by atoms with Gasteiger partial charge in [-0.2, -0.15) is 0 Å². The smallest absolute Gasteiger partial charge is 0.254 e. The zero-order valence-electron chi connectivity index (χ0n) is 10.9. The minimum atomic E-state index is -0.734. The van der Waals surface area contributed by atoms with Crippen molar-refractivity contribution in [2.75, 3.05) is 13.1 Å². The van der Waals surface area contributed by atoms with Crippen LogP contribution in [0.2, 0.25) is 5.02 Å². The van der Waals surface area contributed by atoms with Crippen molar-refractivity contribution in [3.63, 3.8) is 0 Å². The highest BCUT2D eigenvalue weighted by atomic mass is 35.5. The first-order chi connectivity index (χ1) is 8.35. The molecule has 1 aromatic carbocycles. The van der Waals surface area contributed by atoms with E-state index in [0.717, 1.165) is 5.56 Å². The van der Waals surface area contributed by atoms with Crippen LogP contribution < -0.4 is 0 Å². The third-order valence-electron chi connectivity index (χ3n) is 3.79. The molecule has 1 amide bonds. The van der Waals surface area contributed by atoms with Gasteiger partial charge in [0.15, 0.2) is 0 Å². The second kappa shape index (κ2) is 4.56. The van der Waals surface area contributed by atoms with Crippen LogP contribution in [0.3, 0.4) is 0 Å². The summed E-state index contributed by atoms with van der Waals surface area (Å²) in [6, 6.07) is 5.32. The normalized spacial score (nSPS) is 17.8. The molecule has 0 aliphatic carbocycles. The molecular weight excluding hydrogens is 250 g/mol. The maximum absolute atomic E-state index is 12.3. The maximum atomic E-state index is 12.3. The van der Waals surface area contributed by atoms with Crippen LogP contribution in [0.5, 0.6) is 0 Å². The highest BCUT2D eigenvalue weighted by molar-refractivity contribution is 6.31. The van der Waals surface area contributed by atoms with Crippen molar-refractivity contribution in [1.82, 2.24) is 4.90 Å². The number of likely N-dealkylation sites (tertiary alicyclic amines) is 1. The minimum absolute atomic E-state index is 0.0553. The number of rotatable bonds is 2. The van der Waals surface area contributed by atoms with Crippen molar-refractivity contribution in [1.29, 1.82) is 0 Å². The van der Waals surface area contributed by atoms with Crippen molar-refractivity contribution >= 4 is 17.5 Å². The van der Waals surface area contributed by atoms with Gasteiger partial charge in [0.25, 0.3) is 5.91 Å². The van der Waals surface area contributed by atoms with Crippen molar-refractivity contribution in [3.05, 3.63) is 34.3 Å². The van der Waals surface area contributed by atoms with Crippen molar-refractivity contribution < 1.29 is 9.90 Å². The maximum Gasteiger partial charge on any atom is 0.254 e. The molecule has 4 heteroatoms. The number of hydrogen-bond acceptors (Lipinski definition) is 2. The Bertz CT molecular complexity index is 479. The summed E-state index contributed by atoms with van der Waals surface area (Å²) in [4.78, 5) is 13.9. The van der Waals surface area contributed by atoms with E-state index in [9.17, 15) is 9.90 Å². The molecule has 1 N–H and O–H groups in total. The van der Waals surface area contributed by atoms with Gasteiger partial charge in [-0.3, -0.25) is 4.79 Å². The van der Waals surface area contributed by atoms with E-state index >= 15 is 0 Å². The summed E-state index contributed by atoms with van der Waals surface area (Å²) in [5.41, 5.74) is 0.680. The van der Waals surface area contributed by atoms with Crippen LogP contribution in [0.25, 0.3) is 0 Å². The molecule has 0 aromatic heterocycles. The predicted octanol–water partition coefficient (Wildman–Crippen LogP) is 2.49. The predicted molar refractivity (Wildman–Crippen MR) is 71.9 cm³/mol. The number of aliphatic hydroxyl groups is 1. The first kappa shape index (κ1) is 13.4. The van der Waals surface area contributed by atoms with Crippen molar-refractivity contribution in [2.24, 2.45) is 5.92 Å². The molecule has 0 saturated carbocycles. The van der Waals surface area contributed by atoms with E-state index in [1.165, 1.54) is 0 Å². The van der Waals surface area contributed by atoms with Gasteiger partial charge in [-0.1, -0.05) is 31.5 Å². The molecule has 3 nitrogen and oxygen atoms in total. The van der Waals surface area contributed by atoms with Gasteiger partial charge in [-0.25, -0.2) is 0 Å². The number of benzene rings is 1. The van der Waals surface area contributed by atoms with Gasteiger partial charge in [0.05, 0.1) is 13.1 Å². The molecule has 1 aliphatic heterocycles. The molecule has 0 atom stereocenters. The van der Waals surface area contributed by atoms with Gasteiger partial charge in [-0.15, -0.1) is 0 Å². The molecule has 1 aliphatic rings. The SMILES string of the molecule is Cc1c(Cl)cccc1C(=O)N1CC(O)(C(C)C)C1. The zero-order chi connectivity index (χ0) is 13.5. The molecule has 0 bridgehead atoms. The third kappa shape index (κ3) is 2.13. The number of hydrogen-bond donors (Lipinski definition) is 1. The Hall–Kier alpha value is -1.06. The molecule has 98 valence electrons. The largest absolute Gasteiger partial charge is 0.386 e. The minimum Gasteiger partial charge on any atom is -0.386 e. The van der Waals surface area contributed by atoms with E-state index in [1.807, 2.05) is 20.8 Å². The number of carbonyl (C=O) groups is 1. The Morgan fingerprint density at radius 1 is 1.44 bits per heavy atom. The Morgan fingerprint density at radius 2 is 2.06 bits per heavy atom. The lowest BCUT2D eigenvalue weighted by Crippen LogP contribution is -2.66. The Kier molecular flexibility index (Phi) is 3.39. The fraction of sp³-hybridized carbons (Fsp3) is 0.500. The van der Waals surface area contributed by atoms with Crippen molar-refractivity contribution in [2.45, 2.75) is 26.4 Å². The summed E-state index contributed by atoms with van der Waals surface area (Å²) in [7, 11) is 0. The van der Waals surface area contributed by atoms with Crippen LogP contribution in [-0.2, 0) is 0 Å². The van der Waals surface area contributed by atoms with Crippen LogP contribution >= 0.6 is 11.6 Å². The molecule has 1 saturated heterocycles. The van der Waals surface area contributed by atoms with Crippen LogP contribution in [0.1, 0.15) is 29.8 Å². The van der Waals surface area contributed by atoms with Gasteiger partial charge in [0.2, 0.25) is 0 Å². The summed E-state index contributed by atoms with van der Waals surface area (Å²) in [5.74, 6) is 0.0994. The topological polar surface area (TPSA) is 40.5 Å². The summed E-state index contributed by atoms with van der Waals surface area (Å²) >= 11 is 6.01. The first-order valence-electron chi connectivity index (χ1n) is 6.12. The average molecular weight is 268 g/mol. The van der Waals surface area contributed by atoms with Crippen LogP contribution in [-0.4, -0.2) is 34.6 Å². The highest BCUT2D eigenvalue weighted by Gasteiger charge is 2.46. The van der Waals surface area contributed by atoms with Crippen molar-refractivity contribution in [3.8, 4) is 0 Å². The molecule has 1 heterocycles. The van der Waals surface area contributed by atoms with Gasteiger partial charge in [-0.05, 0) is 30.5 Å². The fourth-order valence-corrected chi connectivity index (χ4v) is 2.31. The zero-order valence-corrected chi connectivity index (χ0v) is 11.7. The van der Waals surface area contributed by atoms with E-state index in [4.69, 9.17) is 11.6 Å². The molecule has 1 aromatic rings. The lowest BCUT2D eigenvalue weighted by atomic mass is 9.82. The summed E-state index contributed by atoms with van der Waals surface area (Å²) < 4.78 is 0. The molecule has 0 radical (unpaired) electrons. The van der Waals surface area contributed by atoms with E-state index < -0.39 is 5.60 Å². The van der Waals surface area contributed by atoms with E-state index in [-0.39, 0.29) is 11.8 Å². The second-order valence-electron chi connectivity index (χ2n) is 5.33. The summed E-state index contributed by atoms with van der Waals surface area (Å²) in [6.07, 6.45) is 0. The quantitative estimate of drug-likeness (QED) is 0.894. The number of carbonyl (C=O) groups excluding carboxylic acids is 1. The average Bonchev–Trinajstić information content (AvgIpc) is 2.27. The fourth-order valence-electron chi connectivity index (χ4n) is 2.13. The van der Waals surface area contributed by atoms with E-state index in [0.29, 0.717) is 23.7 Å². The molecular formula is C14H18ClNO2. The summed E-state index contributed by atoms with van der Waals surface area (Å²) in [5, 5.41) is 10.8. The van der Waals surface area contributed by atoms with Gasteiger partial charge >= 0.3 is 0 Å².